The number of hydrogen-bond acceptors (Lipinski definition) is 5. The fourth-order valence-corrected chi connectivity index (χ4v) is 4.40. The third-order valence-corrected chi connectivity index (χ3v) is 6.93. The molecule has 0 saturated heterocycles. The van der Waals surface area contributed by atoms with Gasteiger partial charge in [-0.2, -0.15) is 5.10 Å². The number of allylic oxidation sites excluding steroid dienone is 5. The van der Waals surface area contributed by atoms with Gasteiger partial charge in [0.1, 0.15) is 11.9 Å². The lowest BCUT2D eigenvalue weighted by atomic mass is 9.95. The molecule has 1 aromatic carbocycles. The first kappa shape index (κ1) is 37.9. The van der Waals surface area contributed by atoms with Gasteiger partial charge in [-0.1, -0.05) is 51.0 Å². The van der Waals surface area contributed by atoms with Crippen LogP contribution in [0, 0.1) is 6.92 Å². The van der Waals surface area contributed by atoms with E-state index in [0.717, 1.165) is 19.3 Å². The molecule has 2 atom stereocenters. The lowest BCUT2D eigenvalue weighted by molar-refractivity contribution is -0.129. The van der Waals surface area contributed by atoms with Crippen molar-refractivity contribution in [1.29, 1.82) is 0 Å². The lowest BCUT2D eigenvalue weighted by Crippen LogP contribution is -2.33. The lowest BCUT2D eigenvalue weighted by Gasteiger charge is -2.23. The van der Waals surface area contributed by atoms with Gasteiger partial charge in [-0.05, 0) is 43.5 Å². The van der Waals surface area contributed by atoms with Crippen molar-refractivity contribution in [2.45, 2.75) is 72.3 Å². The maximum Gasteiger partial charge on any atom is 0.259 e. The Labute approximate surface area is 271 Å². The van der Waals surface area contributed by atoms with Gasteiger partial charge < -0.3 is 19.9 Å². The molecular weight excluding hydrogens is 595 g/mol. The zero-order valence-corrected chi connectivity index (χ0v) is 28.0. The minimum absolute atomic E-state index is 0.00526. The Balaban J connectivity index is 2.69. The molecule has 11 heteroatoms. The predicted octanol–water partition coefficient (Wildman–Crippen LogP) is 7.56. The number of likely N-dealkylation sites (N-methyl/N-ethyl adjacent to an activating group) is 2. The molecule has 0 bridgehead atoms. The van der Waals surface area contributed by atoms with E-state index >= 15 is 0 Å². The van der Waals surface area contributed by atoms with Crippen molar-refractivity contribution < 1.29 is 27.5 Å². The van der Waals surface area contributed by atoms with Gasteiger partial charge in [0, 0.05) is 58.0 Å². The number of amides is 2. The summed E-state index contributed by atoms with van der Waals surface area (Å²) in [6.45, 7) is 6.20. The molecule has 8 nitrogen and oxygen atoms in total. The second-order valence-electron chi connectivity index (χ2n) is 11.1. The van der Waals surface area contributed by atoms with E-state index in [1.807, 2.05) is 31.2 Å². The summed E-state index contributed by atoms with van der Waals surface area (Å²) in [7, 11) is 4.96. The van der Waals surface area contributed by atoms with Crippen LogP contribution in [0.3, 0.4) is 0 Å². The predicted molar refractivity (Wildman–Crippen MR) is 178 cm³/mol. The van der Waals surface area contributed by atoms with E-state index in [9.17, 15) is 22.8 Å². The molecule has 1 heterocycles. The van der Waals surface area contributed by atoms with E-state index in [1.165, 1.54) is 36.2 Å². The standard InChI is InChI=1S/C35H48F3N5O3/c1-8-10-12-13-14-20-43-25(3)30(22-39-43)35(45)40-32(23-42(7)24-34(44)41(5)6)28(15-11-9-2)29-21-27(31(38)18-19-36)16-17-33(29)46-26(4)37/h12-17,20-23,26,31H,8-11,18-19,24H2,1-7H3,(H,40,45)/b13-12+,20-14-,28-15+,32-23+. The van der Waals surface area contributed by atoms with E-state index in [4.69, 9.17) is 4.74 Å². The number of rotatable bonds is 18. The number of alkyl halides is 3. The number of carbonyl (C=O) groups excluding carboxylic acids is 2. The van der Waals surface area contributed by atoms with Crippen LogP contribution in [0.15, 0.2) is 60.6 Å². The van der Waals surface area contributed by atoms with Crippen LogP contribution in [0.2, 0.25) is 0 Å². The highest BCUT2D eigenvalue weighted by Gasteiger charge is 2.23. The van der Waals surface area contributed by atoms with Gasteiger partial charge in [0.25, 0.3) is 5.91 Å². The molecule has 2 amide bonds. The molecule has 0 aliphatic heterocycles. The molecule has 2 unspecified atom stereocenters. The summed E-state index contributed by atoms with van der Waals surface area (Å²) in [5.41, 5.74) is 2.10. The second-order valence-corrected chi connectivity index (χ2v) is 11.1. The van der Waals surface area contributed by atoms with E-state index in [2.05, 4.69) is 17.3 Å². The molecule has 0 radical (unpaired) electrons. The Bertz CT molecular complexity index is 1410. The highest BCUT2D eigenvalue weighted by molar-refractivity contribution is 5.99. The molecule has 0 aliphatic carbocycles. The summed E-state index contributed by atoms with van der Waals surface area (Å²) in [4.78, 5) is 29.4. The van der Waals surface area contributed by atoms with Crippen molar-refractivity contribution >= 4 is 23.6 Å². The molecule has 1 aromatic heterocycles. The molecule has 46 heavy (non-hydrogen) atoms. The van der Waals surface area contributed by atoms with Crippen molar-refractivity contribution in [3.63, 3.8) is 0 Å². The van der Waals surface area contributed by atoms with Gasteiger partial charge in [-0.15, -0.1) is 0 Å². The molecule has 0 aliphatic rings. The number of carbonyl (C=O) groups is 2. The van der Waals surface area contributed by atoms with Crippen molar-refractivity contribution in [2.75, 3.05) is 34.4 Å². The molecule has 0 spiro atoms. The molecular formula is C35H48F3N5O3. The third kappa shape index (κ3) is 11.6. The summed E-state index contributed by atoms with van der Waals surface area (Å²) in [6.07, 6.45) is 12.1. The molecule has 2 rings (SSSR count). The number of nitrogens with zero attached hydrogens (tertiary/aromatic N) is 4. The summed E-state index contributed by atoms with van der Waals surface area (Å²) >= 11 is 0. The number of benzene rings is 1. The highest BCUT2D eigenvalue weighted by Crippen LogP contribution is 2.36. The van der Waals surface area contributed by atoms with Crippen LogP contribution in [0.4, 0.5) is 13.2 Å². The van der Waals surface area contributed by atoms with Crippen LogP contribution in [0.1, 0.15) is 86.2 Å². The van der Waals surface area contributed by atoms with Gasteiger partial charge >= 0.3 is 0 Å². The second kappa shape index (κ2) is 19.3. The van der Waals surface area contributed by atoms with Crippen LogP contribution in [0.5, 0.6) is 5.75 Å². The first-order chi connectivity index (χ1) is 21.9. The Kier molecular flexibility index (Phi) is 15.9. The first-order valence-electron chi connectivity index (χ1n) is 15.6. The van der Waals surface area contributed by atoms with Crippen LogP contribution in [-0.2, 0) is 4.79 Å². The van der Waals surface area contributed by atoms with Gasteiger partial charge in [0.15, 0.2) is 0 Å². The van der Waals surface area contributed by atoms with E-state index in [-0.39, 0.29) is 35.9 Å². The third-order valence-electron chi connectivity index (χ3n) is 6.93. The molecule has 0 saturated carbocycles. The van der Waals surface area contributed by atoms with E-state index in [0.29, 0.717) is 28.8 Å². The van der Waals surface area contributed by atoms with Crippen molar-refractivity contribution in [1.82, 2.24) is 24.9 Å². The zero-order chi connectivity index (χ0) is 34.2. The van der Waals surface area contributed by atoms with E-state index < -0.39 is 25.1 Å². The number of ether oxygens (including phenoxy) is 1. The smallest absolute Gasteiger partial charge is 0.259 e. The fourth-order valence-electron chi connectivity index (χ4n) is 4.40. The first-order valence-corrected chi connectivity index (χ1v) is 15.6. The number of hydrogen-bond donors (Lipinski definition) is 1. The molecule has 252 valence electrons. The maximum absolute atomic E-state index is 15.0. The van der Waals surface area contributed by atoms with Crippen LogP contribution < -0.4 is 10.1 Å². The average molecular weight is 644 g/mol. The monoisotopic (exact) mass is 643 g/mol. The molecule has 1 N–H and O–H groups in total. The maximum atomic E-state index is 15.0. The molecule has 2 aromatic rings. The Morgan fingerprint density at radius 1 is 1.09 bits per heavy atom. The van der Waals surface area contributed by atoms with Crippen molar-refractivity contribution in [3.8, 4) is 5.75 Å². The van der Waals surface area contributed by atoms with E-state index in [1.54, 1.807) is 50.0 Å². The minimum atomic E-state index is -1.69. The Morgan fingerprint density at radius 2 is 1.80 bits per heavy atom. The topological polar surface area (TPSA) is 79.7 Å². The normalized spacial score (nSPS) is 13.7. The van der Waals surface area contributed by atoms with Gasteiger partial charge in [0.2, 0.25) is 12.3 Å². The fraction of sp³-hybridized carbons (Fsp3) is 0.457. The minimum Gasteiger partial charge on any atom is -0.460 e. The summed E-state index contributed by atoms with van der Waals surface area (Å²) < 4.78 is 49.3. The van der Waals surface area contributed by atoms with Gasteiger partial charge in [0.05, 0.1) is 36.4 Å². The van der Waals surface area contributed by atoms with Crippen LogP contribution >= 0.6 is 0 Å². The SMILES string of the molecule is CCC/C=C/C=C\n1ncc(C(=O)NC(=C/N(C)CC(=O)N(C)C)/C(=C/CCC)c2cc(C(F)CCF)ccc2OC(C)F)c1C. The summed E-state index contributed by atoms with van der Waals surface area (Å²) in [5, 5.41) is 7.30. The number of halogens is 3. The zero-order valence-electron chi connectivity index (χ0n) is 28.0. The highest BCUT2D eigenvalue weighted by atomic mass is 19.1. The largest absolute Gasteiger partial charge is 0.460 e. The van der Waals surface area contributed by atoms with Crippen molar-refractivity contribution in [2.24, 2.45) is 0 Å². The Hall–Kier alpha value is -4.28. The van der Waals surface area contributed by atoms with Crippen LogP contribution in [0.25, 0.3) is 11.8 Å². The Morgan fingerprint density at radius 3 is 2.43 bits per heavy atom. The van der Waals surface area contributed by atoms with Crippen molar-refractivity contribution in [3.05, 3.63) is 83.0 Å². The van der Waals surface area contributed by atoms with Crippen LogP contribution in [-0.4, -0.2) is 72.1 Å². The van der Waals surface area contributed by atoms with Gasteiger partial charge in [-0.3, -0.25) is 14.0 Å². The number of nitrogens with one attached hydrogen (secondary N) is 1. The average Bonchev–Trinajstić information content (AvgIpc) is 3.37. The number of aromatic nitrogens is 2. The number of unbranched alkanes of at least 4 members (excludes halogenated alkanes) is 2. The summed E-state index contributed by atoms with van der Waals surface area (Å²) in [6, 6.07) is 4.37. The summed E-state index contributed by atoms with van der Waals surface area (Å²) in [5.74, 6) is -0.534. The van der Waals surface area contributed by atoms with Gasteiger partial charge in [-0.25, -0.2) is 13.5 Å². The quantitative estimate of drug-likeness (QED) is 0.170. The molecule has 0 fully saturated rings.